The highest BCUT2D eigenvalue weighted by molar-refractivity contribution is 5.76. The van der Waals surface area contributed by atoms with E-state index in [4.69, 9.17) is 4.74 Å². The number of hydrogen-bond acceptors (Lipinski definition) is 5. The molecule has 6 heteroatoms. The number of ether oxygens (including phenoxy) is 1. The van der Waals surface area contributed by atoms with Crippen molar-refractivity contribution in [2.24, 2.45) is 11.3 Å². The fraction of sp³-hybridized carbons (Fsp3) is 0.722. The number of amides is 1. The molecule has 1 unspecified atom stereocenters. The molecular formula is C18H28N4O2. The van der Waals surface area contributed by atoms with Gasteiger partial charge in [-0.2, -0.15) is 0 Å². The maximum atomic E-state index is 12.5. The second-order valence-corrected chi connectivity index (χ2v) is 7.54. The van der Waals surface area contributed by atoms with Gasteiger partial charge in [0.25, 0.3) is 0 Å². The maximum absolute atomic E-state index is 12.5. The highest BCUT2D eigenvalue weighted by atomic mass is 16.5. The minimum atomic E-state index is -0.0133. The average molecular weight is 332 g/mol. The predicted molar refractivity (Wildman–Crippen MR) is 92.8 cm³/mol. The summed E-state index contributed by atoms with van der Waals surface area (Å²) >= 11 is 0. The standard InChI is InChI=1S/C18H28N4O2/c1-15(2)11-16(23)21-8-3-5-18(12-21)13-22(9-10-24-14-18)17-19-6-4-7-20-17/h4,6-7,15H,3,5,8-14H2,1-2H3. The van der Waals surface area contributed by atoms with Crippen LogP contribution in [0.5, 0.6) is 0 Å². The third-order valence-electron chi connectivity index (χ3n) is 4.87. The molecule has 132 valence electrons. The van der Waals surface area contributed by atoms with Gasteiger partial charge in [0.2, 0.25) is 11.9 Å². The van der Waals surface area contributed by atoms with E-state index in [1.165, 1.54) is 0 Å². The fourth-order valence-electron chi connectivity index (χ4n) is 3.76. The zero-order valence-corrected chi connectivity index (χ0v) is 14.8. The van der Waals surface area contributed by atoms with Crippen molar-refractivity contribution in [1.29, 1.82) is 0 Å². The van der Waals surface area contributed by atoms with Crippen molar-refractivity contribution in [3.8, 4) is 0 Å². The van der Waals surface area contributed by atoms with Gasteiger partial charge in [0.1, 0.15) is 0 Å². The van der Waals surface area contributed by atoms with Gasteiger partial charge in [0.05, 0.1) is 13.2 Å². The molecule has 0 bridgehead atoms. The van der Waals surface area contributed by atoms with Gasteiger partial charge in [-0.05, 0) is 24.8 Å². The monoisotopic (exact) mass is 332 g/mol. The van der Waals surface area contributed by atoms with E-state index < -0.39 is 0 Å². The highest BCUT2D eigenvalue weighted by Gasteiger charge is 2.40. The highest BCUT2D eigenvalue weighted by Crippen LogP contribution is 2.34. The number of carbonyl (C=O) groups excluding carboxylic acids is 1. The lowest BCUT2D eigenvalue weighted by Gasteiger charge is -2.43. The fourth-order valence-corrected chi connectivity index (χ4v) is 3.76. The first kappa shape index (κ1) is 17.1. The van der Waals surface area contributed by atoms with Gasteiger partial charge in [0, 0.05) is 50.4 Å². The van der Waals surface area contributed by atoms with Gasteiger partial charge in [-0.3, -0.25) is 4.79 Å². The van der Waals surface area contributed by atoms with Gasteiger partial charge >= 0.3 is 0 Å². The van der Waals surface area contributed by atoms with E-state index >= 15 is 0 Å². The van der Waals surface area contributed by atoms with Crippen LogP contribution in [-0.4, -0.2) is 60.2 Å². The molecule has 2 aliphatic rings. The number of likely N-dealkylation sites (tertiary alicyclic amines) is 1. The number of anilines is 1. The second kappa shape index (κ2) is 7.47. The van der Waals surface area contributed by atoms with Crippen LogP contribution in [0, 0.1) is 11.3 Å². The summed E-state index contributed by atoms with van der Waals surface area (Å²) in [5, 5.41) is 0. The van der Waals surface area contributed by atoms with Crippen LogP contribution in [0.4, 0.5) is 5.95 Å². The van der Waals surface area contributed by atoms with Crippen molar-refractivity contribution in [1.82, 2.24) is 14.9 Å². The van der Waals surface area contributed by atoms with Crippen LogP contribution < -0.4 is 4.90 Å². The van der Waals surface area contributed by atoms with Crippen LogP contribution in [0.3, 0.4) is 0 Å². The molecule has 2 fully saturated rings. The number of carbonyl (C=O) groups is 1. The first-order chi connectivity index (χ1) is 11.6. The van der Waals surface area contributed by atoms with Gasteiger partial charge in [-0.15, -0.1) is 0 Å². The molecule has 2 aliphatic heterocycles. The molecule has 0 saturated carbocycles. The Morgan fingerprint density at radius 1 is 1.29 bits per heavy atom. The van der Waals surface area contributed by atoms with Gasteiger partial charge in [0.15, 0.2) is 0 Å². The zero-order valence-electron chi connectivity index (χ0n) is 14.8. The van der Waals surface area contributed by atoms with E-state index in [1.54, 1.807) is 12.4 Å². The molecule has 6 nitrogen and oxygen atoms in total. The first-order valence-electron chi connectivity index (χ1n) is 8.95. The average Bonchev–Trinajstić information content (AvgIpc) is 2.78. The smallest absolute Gasteiger partial charge is 0.225 e. The molecule has 3 heterocycles. The molecule has 1 spiro atoms. The molecule has 1 amide bonds. The van der Waals surface area contributed by atoms with Crippen LogP contribution in [0.1, 0.15) is 33.1 Å². The van der Waals surface area contributed by atoms with Gasteiger partial charge in [-0.1, -0.05) is 13.8 Å². The summed E-state index contributed by atoms with van der Waals surface area (Å²) in [5.74, 6) is 1.43. The van der Waals surface area contributed by atoms with E-state index in [0.717, 1.165) is 45.0 Å². The quantitative estimate of drug-likeness (QED) is 0.847. The molecule has 1 atom stereocenters. The van der Waals surface area contributed by atoms with Crippen molar-refractivity contribution in [2.75, 3.05) is 44.3 Å². The third kappa shape index (κ3) is 4.04. The lowest BCUT2D eigenvalue weighted by molar-refractivity contribution is -0.136. The number of hydrogen-bond donors (Lipinski definition) is 0. The largest absolute Gasteiger partial charge is 0.379 e. The maximum Gasteiger partial charge on any atom is 0.225 e. The van der Waals surface area contributed by atoms with E-state index in [-0.39, 0.29) is 11.3 Å². The van der Waals surface area contributed by atoms with E-state index in [2.05, 4.69) is 28.7 Å². The Kier molecular flexibility index (Phi) is 5.33. The molecule has 0 aromatic carbocycles. The minimum Gasteiger partial charge on any atom is -0.379 e. The lowest BCUT2D eigenvalue weighted by Crippen LogP contribution is -2.52. The topological polar surface area (TPSA) is 58.6 Å². The summed E-state index contributed by atoms with van der Waals surface area (Å²) in [6.07, 6.45) is 6.31. The van der Waals surface area contributed by atoms with Gasteiger partial charge in [-0.25, -0.2) is 9.97 Å². The zero-order chi connectivity index (χ0) is 17.0. The van der Waals surface area contributed by atoms with E-state index in [9.17, 15) is 4.79 Å². The SMILES string of the molecule is CC(C)CC(=O)N1CCCC2(COCCN(c3ncccn3)C2)C1. The molecular weight excluding hydrogens is 304 g/mol. The van der Waals surface area contributed by atoms with Crippen molar-refractivity contribution in [2.45, 2.75) is 33.1 Å². The van der Waals surface area contributed by atoms with Crippen LogP contribution in [0.25, 0.3) is 0 Å². The van der Waals surface area contributed by atoms with E-state index in [1.807, 2.05) is 11.0 Å². The normalized spacial score (nSPS) is 25.1. The number of nitrogens with zero attached hydrogens (tertiary/aromatic N) is 4. The Labute approximate surface area is 144 Å². The summed E-state index contributed by atoms with van der Waals surface area (Å²) in [7, 11) is 0. The minimum absolute atomic E-state index is 0.0133. The number of rotatable bonds is 3. The molecule has 3 rings (SSSR count). The Morgan fingerprint density at radius 3 is 2.83 bits per heavy atom. The summed E-state index contributed by atoms with van der Waals surface area (Å²) in [6.45, 7) is 8.88. The Bertz CT molecular complexity index is 551. The molecule has 0 aliphatic carbocycles. The summed E-state index contributed by atoms with van der Waals surface area (Å²) in [5.41, 5.74) is -0.0133. The van der Waals surface area contributed by atoms with Crippen molar-refractivity contribution >= 4 is 11.9 Å². The Hall–Kier alpha value is -1.69. The Balaban J connectivity index is 1.73. The molecule has 1 aromatic heterocycles. The first-order valence-corrected chi connectivity index (χ1v) is 8.95. The third-order valence-corrected chi connectivity index (χ3v) is 4.87. The van der Waals surface area contributed by atoms with Crippen molar-refractivity contribution in [3.63, 3.8) is 0 Å². The number of piperidine rings is 1. The van der Waals surface area contributed by atoms with Crippen molar-refractivity contribution < 1.29 is 9.53 Å². The number of aromatic nitrogens is 2. The molecule has 2 saturated heterocycles. The van der Waals surface area contributed by atoms with Crippen molar-refractivity contribution in [3.05, 3.63) is 18.5 Å². The second-order valence-electron chi connectivity index (χ2n) is 7.54. The lowest BCUT2D eigenvalue weighted by atomic mass is 9.80. The molecule has 1 aromatic rings. The molecule has 0 radical (unpaired) electrons. The molecule has 24 heavy (non-hydrogen) atoms. The Morgan fingerprint density at radius 2 is 2.08 bits per heavy atom. The van der Waals surface area contributed by atoms with Crippen LogP contribution in [0.15, 0.2) is 18.5 Å². The predicted octanol–water partition coefficient (Wildman–Crippen LogP) is 1.97. The summed E-state index contributed by atoms with van der Waals surface area (Å²) in [6, 6.07) is 1.83. The molecule has 0 N–H and O–H groups in total. The van der Waals surface area contributed by atoms with Crippen LogP contribution >= 0.6 is 0 Å². The van der Waals surface area contributed by atoms with Crippen LogP contribution in [-0.2, 0) is 9.53 Å². The summed E-state index contributed by atoms with van der Waals surface area (Å²) < 4.78 is 5.91. The van der Waals surface area contributed by atoms with Gasteiger partial charge < -0.3 is 14.5 Å². The summed E-state index contributed by atoms with van der Waals surface area (Å²) in [4.78, 5) is 25.6. The van der Waals surface area contributed by atoms with Crippen LogP contribution in [0.2, 0.25) is 0 Å². The van der Waals surface area contributed by atoms with E-state index in [0.29, 0.717) is 25.6 Å².